The normalized spacial score (nSPS) is 19.9. The second-order valence-corrected chi connectivity index (χ2v) is 6.93. The van der Waals surface area contributed by atoms with Crippen LogP contribution in [0.15, 0.2) is 59.4 Å². The van der Waals surface area contributed by atoms with Gasteiger partial charge in [0, 0.05) is 49.8 Å². The molecule has 2 aliphatic rings. The van der Waals surface area contributed by atoms with E-state index >= 15 is 0 Å². The first kappa shape index (κ1) is 17.0. The molecule has 0 unspecified atom stereocenters. The van der Waals surface area contributed by atoms with E-state index in [4.69, 9.17) is 4.99 Å². The van der Waals surface area contributed by atoms with Crippen LogP contribution in [0.1, 0.15) is 30.4 Å². The number of hydrogen-bond donors (Lipinski definition) is 1. The summed E-state index contributed by atoms with van der Waals surface area (Å²) in [4.78, 5) is 11.5. The highest BCUT2D eigenvalue weighted by Crippen LogP contribution is 2.24. The van der Waals surface area contributed by atoms with E-state index < -0.39 is 0 Å². The van der Waals surface area contributed by atoms with E-state index in [0.29, 0.717) is 0 Å². The Kier molecular flexibility index (Phi) is 5.41. The van der Waals surface area contributed by atoms with Crippen LogP contribution in [0.5, 0.6) is 0 Å². The van der Waals surface area contributed by atoms with Gasteiger partial charge in [-0.1, -0.05) is 12.1 Å². The van der Waals surface area contributed by atoms with Gasteiger partial charge in [0.25, 0.3) is 0 Å². The number of nitrogens with one attached hydrogen (secondary N) is 1. The summed E-state index contributed by atoms with van der Waals surface area (Å²) in [5, 5.41) is 3.48. The maximum absolute atomic E-state index is 4.79. The Morgan fingerprint density at radius 2 is 2.04 bits per heavy atom. The smallest absolute Gasteiger partial charge is 0.0694 e. The molecule has 2 aromatic rings. The van der Waals surface area contributed by atoms with Gasteiger partial charge >= 0.3 is 0 Å². The molecule has 4 nitrogen and oxygen atoms in total. The zero-order chi connectivity index (χ0) is 17.6. The van der Waals surface area contributed by atoms with E-state index in [9.17, 15) is 0 Å². The molecular weight excluding hydrogens is 320 g/mol. The lowest BCUT2D eigenvalue weighted by atomic mass is 9.95. The van der Waals surface area contributed by atoms with Crippen LogP contribution in [0.25, 0.3) is 6.08 Å². The molecule has 1 aromatic carbocycles. The molecule has 1 fully saturated rings. The number of rotatable bonds is 3. The average molecular weight is 346 g/mol. The quantitative estimate of drug-likeness (QED) is 0.924. The number of nitrogens with zero attached hydrogens (tertiary/aromatic N) is 3. The summed E-state index contributed by atoms with van der Waals surface area (Å²) in [6, 6.07) is 13.0. The van der Waals surface area contributed by atoms with Gasteiger partial charge in [-0.2, -0.15) is 0 Å². The fourth-order valence-corrected chi connectivity index (χ4v) is 3.72. The summed E-state index contributed by atoms with van der Waals surface area (Å²) in [5.74, 6) is 0. The van der Waals surface area contributed by atoms with E-state index in [-0.39, 0.29) is 0 Å². The zero-order valence-electron chi connectivity index (χ0n) is 15.2. The molecule has 0 saturated carbocycles. The van der Waals surface area contributed by atoms with Gasteiger partial charge in [-0.05, 0) is 67.3 Å². The van der Waals surface area contributed by atoms with Crippen molar-refractivity contribution < 1.29 is 0 Å². The molecule has 0 spiro atoms. The first-order valence-electron chi connectivity index (χ1n) is 9.62. The number of hydrogen-bond acceptors (Lipinski definition) is 4. The van der Waals surface area contributed by atoms with Gasteiger partial charge in [0.15, 0.2) is 0 Å². The molecule has 134 valence electrons. The monoisotopic (exact) mass is 346 g/mol. The number of benzene rings is 1. The van der Waals surface area contributed by atoms with Crippen molar-refractivity contribution in [3.63, 3.8) is 0 Å². The molecule has 0 radical (unpaired) electrons. The van der Waals surface area contributed by atoms with Crippen molar-refractivity contribution >= 4 is 17.5 Å². The lowest BCUT2D eigenvalue weighted by Crippen LogP contribution is -2.27. The SMILES string of the molecule is C(=C1CCCN=C1c1cccnc1)c1cccc(N2CCCNCC2)c1. The van der Waals surface area contributed by atoms with Gasteiger partial charge in [-0.25, -0.2) is 0 Å². The summed E-state index contributed by atoms with van der Waals surface area (Å²) in [5.41, 5.74) is 6.12. The van der Waals surface area contributed by atoms with E-state index in [1.54, 1.807) is 0 Å². The molecule has 3 heterocycles. The minimum Gasteiger partial charge on any atom is -0.370 e. The Balaban J connectivity index is 1.61. The topological polar surface area (TPSA) is 40.5 Å². The highest BCUT2D eigenvalue weighted by atomic mass is 15.2. The number of allylic oxidation sites excluding steroid dienone is 1. The summed E-state index contributed by atoms with van der Waals surface area (Å²) < 4.78 is 0. The first-order chi connectivity index (χ1) is 12.9. The van der Waals surface area contributed by atoms with Gasteiger partial charge in [-0.15, -0.1) is 0 Å². The minimum absolute atomic E-state index is 0.905. The second kappa shape index (κ2) is 8.28. The third-order valence-corrected chi connectivity index (χ3v) is 5.03. The second-order valence-electron chi connectivity index (χ2n) is 6.93. The Labute approximate surface area is 155 Å². The number of aliphatic imine (C=N–C) groups is 1. The zero-order valence-corrected chi connectivity index (χ0v) is 15.2. The first-order valence-corrected chi connectivity index (χ1v) is 9.62. The van der Waals surface area contributed by atoms with Crippen molar-refractivity contribution in [1.29, 1.82) is 0 Å². The molecule has 2 aliphatic heterocycles. The van der Waals surface area contributed by atoms with Crippen molar-refractivity contribution in [1.82, 2.24) is 10.3 Å². The van der Waals surface area contributed by atoms with Crippen LogP contribution in [-0.2, 0) is 0 Å². The standard InChI is InChI=1S/C22H26N4/c1-5-18(16-21(8-1)26-13-4-10-23-12-14-26)15-19-6-3-11-25-22(19)20-7-2-9-24-17-20/h1-2,5,7-9,15-17,23H,3-4,6,10-14H2. The lowest BCUT2D eigenvalue weighted by molar-refractivity contribution is 0.724. The summed E-state index contributed by atoms with van der Waals surface area (Å²) >= 11 is 0. The van der Waals surface area contributed by atoms with Gasteiger partial charge in [0.2, 0.25) is 0 Å². The molecule has 0 aliphatic carbocycles. The Morgan fingerprint density at radius 1 is 1.04 bits per heavy atom. The van der Waals surface area contributed by atoms with Crippen LogP contribution in [-0.4, -0.2) is 43.4 Å². The number of pyridine rings is 1. The van der Waals surface area contributed by atoms with Gasteiger partial charge < -0.3 is 10.2 Å². The van der Waals surface area contributed by atoms with Crippen LogP contribution in [0.4, 0.5) is 5.69 Å². The Bertz CT molecular complexity index is 787. The van der Waals surface area contributed by atoms with Crippen LogP contribution in [0.2, 0.25) is 0 Å². The molecule has 4 heteroatoms. The third kappa shape index (κ3) is 4.02. The Hall–Kier alpha value is -2.46. The van der Waals surface area contributed by atoms with Crippen molar-refractivity contribution in [2.24, 2.45) is 4.99 Å². The predicted octanol–water partition coefficient (Wildman–Crippen LogP) is 3.55. The molecule has 0 amide bonds. The van der Waals surface area contributed by atoms with E-state index in [0.717, 1.165) is 56.8 Å². The minimum atomic E-state index is 0.905. The molecule has 0 bridgehead atoms. The fourth-order valence-electron chi connectivity index (χ4n) is 3.72. The molecular formula is C22H26N4. The average Bonchev–Trinajstić information content (AvgIpc) is 2.99. The lowest BCUT2D eigenvalue weighted by Gasteiger charge is -2.23. The van der Waals surface area contributed by atoms with Crippen LogP contribution >= 0.6 is 0 Å². The maximum Gasteiger partial charge on any atom is 0.0694 e. The summed E-state index contributed by atoms with van der Waals surface area (Å²) in [7, 11) is 0. The highest BCUT2D eigenvalue weighted by molar-refractivity contribution is 6.15. The molecule has 0 atom stereocenters. The van der Waals surface area contributed by atoms with Crippen LogP contribution < -0.4 is 10.2 Å². The van der Waals surface area contributed by atoms with Gasteiger partial charge in [-0.3, -0.25) is 9.98 Å². The third-order valence-electron chi connectivity index (χ3n) is 5.03. The largest absolute Gasteiger partial charge is 0.370 e. The molecule has 1 saturated heterocycles. The summed E-state index contributed by atoms with van der Waals surface area (Å²) in [6.45, 7) is 5.27. The number of anilines is 1. The molecule has 4 rings (SSSR count). The van der Waals surface area contributed by atoms with E-state index in [2.05, 4.69) is 51.6 Å². The van der Waals surface area contributed by atoms with E-state index in [1.165, 1.54) is 23.2 Å². The van der Waals surface area contributed by atoms with Crippen molar-refractivity contribution in [2.75, 3.05) is 37.6 Å². The van der Waals surface area contributed by atoms with Crippen molar-refractivity contribution in [2.45, 2.75) is 19.3 Å². The predicted molar refractivity (Wildman–Crippen MR) is 109 cm³/mol. The Morgan fingerprint density at radius 3 is 2.96 bits per heavy atom. The van der Waals surface area contributed by atoms with E-state index in [1.807, 2.05) is 18.5 Å². The molecule has 1 aromatic heterocycles. The molecule has 26 heavy (non-hydrogen) atoms. The fraction of sp³-hybridized carbons (Fsp3) is 0.364. The highest BCUT2D eigenvalue weighted by Gasteiger charge is 2.15. The van der Waals surface area contributed by atoms with Crippen LogP contribution in [0, 0.1) is 0 Å². The molecule has 1 N–H and O–H groups in total. The van der Waals surface area contributed by atoms with Gasteiger partial charge in [0.05, 0.1) is 5.71 Å². The summed E-state index contributed by atoms with van der Waals surface area (Å²) in [6.07, 6.45) is 9.43. The van der Waals surface area contributed by atoms with Crippen LogP contribution in [0.3, 0.4) is 0 Å². The van der Waals surface area contributed by atoms with Crippen molar-refractivity contribution in [3.05, 3.63) is 65.5 Å². The number of aromatic nitrogens is 1. The maximum atomic E-state index is 4.79. The van der Waals surface area contributed by atoms with Gasteiger partial charge in [0.1, 0.15) is 0 Å². The van der Waals surface area contributed by atoms with Crippen molar-refractivity contribution in [3.8, 4) is 0 Å².